The van der Waals surface area contributed by atoms with Gasteiger partial charge < -0.3 is 20.3 Å². The van der Waals surface area contributed by atoms with Gasteiger partial charge in [-0.05, 0) is 51.5 Å². The van der Waals surface area contributed by atoms with Crippen molar-refractivity contribution in [3.05, 3.63) is 70.9 Å². The number of rotatable bonds is 6. The summed E-state index contributed by atoms with van der Waals surface area (Å²) in [6.07, 6.45) is 1.15. The summed E-state index contributed by atoms with van der Waals surface area (Å²) >= 11 is 0. The summed E-state index contributed by atoms with van der Waals surface area (Å²) in [7, 11) is 1.47. The first-order valence-electron chi connectivity index (χ1n) is 11.9. The first-order valence-corrected chi connectivity index (χ1v) is 11.9. The van der Waals surface area contributed by atoms with E-state index in [2.05, 4.69) is 9.97 Å². The summed E-state index contributed by atoms with van der Waals surface area (Å²) in [6.45, 7) is 8.33. The van der Waals surface area contributed by atoms with E-state index in [1.807, 2.05) is 32.6 Å². The molecule has 37 heavy (non-hydrogen) atoms. The number of ether oxygens (including phenoxy) is 1. The van der Waals surface area contributed by atoms with Crippen LogP contribution in [-0.4, -0.2) is 46.1 Å². The van der Waals surface area contributed by atoms with Crippen molar-refractivity contribution in [3.63, 3.8) is 0 Å². The molecule has 0 aliphatic carbocycles. The van der Waals surface area contributed by atoms with E-state index in [0.717, 1.165) is 6.20 Å². The Balaban J connectivity index is 1.65. The number of primary amides is 1. The summed E-state index contributed by atoms with van der Waals surface area (Å²) in [5, 5.41) is 0. The number of aromatic nitrogens is 2. The molecule has 2 aromatic carbocycles. The minimum Gasteiger partial charge on any atom is -0.481 e. The summed E-state index contributed by atoms with van der Waals surface area (Å²) in [4.78, 5) is 22.8. The smallest absolute Gasteiger partial charge is 0.314 e. The van der Waals surface area contributed by atoms with Gasteiger partial charge in [-0.2, -0.15) is 0 Å². The third kappa shape index (κ3) is 5.63. The van der Waals surface area contributed by atoms with Crippen LogP contribution in [0.1, 0.15) is 44.6 Å². The largest absolute Gasteiger partial charge is 0.481 e. The zero-order valence-electron chi connectivity index (χ0n) is 21.5. The maximum Gasteiger partial charge on any atom is 0.314 e. The lowest BCUT2D eigenvalue weighted by atomic mass is 10.0. The van der Waals surface area contributed by atoms with Gasteiger partial charge in [0.1, 0.15) is 22.9 Å². The maximum absolute atomic E-state index is 15.2. The minimum atomic E-state index is -0.702. The predicted molar refractivity (Wildman–Crippen MR) is 135 cm³/mol. The van der Waals surface area contributed by atoms with Crippen LogP contribution in [0.25, 0.3) is 11.3 Å². The Kier molecular flexibility index (Phi) is 7.03. The highest BCUT2D eigenvalue weighted by atomic mass is 19.1. The van der Waals surface area contributed by atoms with E-state index in [4.69, 9.17) is 10.5 Å². The number of carbonyl (C=O) groups excluding carboxylic acids is 1. The second-order valence-corrected chi connectivity index (χ2v) is 10.2. The number of halogens is 3. The minimum absolute atomic E-state index is 0.0246. The molecule has 0 fully saturated rings. The van der Waals surface area contributed by atoms with Gasteiger partial charge in [0, 0.05) is 37.2 Å². The highest BCUT2D eigenvalue weighted by Gasteiger charge is 2.35. The van der Waals surface area contributed by atoms with Gasteiger partial charge in [-0.15, -0.1) is 0 Å². The zero-order valence-corrected chi connectivity index (χ0v) is 21.5. The van der Waals surface area contributed by atoms with Gasteiger partial charge in [-0.1, -0.05) is 12.1 Å². The third-order valence-electron chi connectivity index (χ3n) is 6.22. The van der Waals surface area contributed by atoms with Gasteiger partial charge in [0.15, 0.2) is 17.4 Å². The van der Waals surface area contributed by atoms with Gasteiger partial charge in [0.05, 0.1) is 18.4 Å². The molecule has 0 atom stereocenters. The van der Waals surface area contributed by atoms with Gasteiger partial charge in [-0.25, -0.2) is 27.9 Å². The molecule has 0 bridgehead atoms. The van der Waals surface area contributed by atoms with Crippen molar-refractivity contribution < 1.29 is 22.7 Å². The van der Waals surface area contributed by atoms with E-state index < -0.39 is 29.1 Å². The number of nitrogens with two attached hydrogens (primary N) is 1. The predicted octanol–water partition coefficient (Wildman–Crippen LogP) is 5.05. The van der Waals surface area contributed by atoms with E-state index >= 15 is 4.39 Å². The van der Waals surface area contributed by atoms with Crippen molar-refractivity contribution >= 4 is 11.7 Å². The molecule has 0 unspecified atom stereocenters. The summed E-state index contributed by atoms with van der Waals surface area (Å²) in [6, 6.07) is 6.82. The lowest BCUT2D eigenvalue weighted by Gasteiger charge is -2.43. The average molecular weight is 514 g/mol. The highest BCUT2D eigenvalue weighted by molar-refractivity contribution is 5.73. The van der Waals surface area contributed by atoms with Crippen LogP contribution in [0.5, 0.6) is 5.75 Å². The third-order valence-corrected chi connectivity index (χ3v) is 6.22. The standard InChI is InChI=1S/C27H30F3N5O2/c1-15(2)35-14-27(3,4)37-25-20(29)10-18(11-22(25)35)24-21(30)12-32-23(33-24)9-16-6-7-17(19(28)8-16)13-34(5)26(31)36/h6-8,10-12,15H,9,13-14H2,1-5H3,(H2,31,36). The molecule has 196 valence electrons. The molecule has 2 amide bonds. The van der Waals surface area contributed by atoms with Crippen molar-refractivity contribution in [2.45, 2.75) is 52.3 Å². The van der Waals surface area contributed by atoms with Crippen molar-refractivity contribution in [3.8, 4) is 17.0 Å². The lowest BCUT2D eigenvalue weighted by Crippen LogP contribution is -2.49. The van der Waals surface area contributed by atoms with Gasteiger partial charge in [-0.3, -0.25) is 0 Å². The maximum atomic E-state index is 15.2. The second kappa shape index (κ2) is 9.91. The number of fused-ring (bicyclic) bond motifs is 1. The number of amides is 2. The highest BCUT2D eigenvalue weighted by Crippen LogP contribution is 2.42. The zero-order chi connectivity index (χ0) is 27.1. The Morgan fingerprint density at radius 2 is 1.89 bits per heavy atom. The quantitative estimate of drug-likeness (QED) is 0.499. The molecule has 10 heteroatoms. The number of anilines is 1. The topological polar surface area (TPSA) is 84.6 Å². The molecule has 2 heterocycles. The van der Waals surface area contributed by atoms with E-state index in [1.165, 1.54) is 24.1 Å². The van der Waals surface area contributed by atoms with Crippen LogP contribution in [0.2, 0.25) is 0 Å². The molecule has 3 aromatic rings. The van der Waals surface area contributed by atoms with Crippen molar-refractivity contribution in [1.29, 1.82) is 0 Å². The Hall–Kier alpha value is -3.82. The van der Waals surface area contributed by atoms with E-state index in [0.29, 0.717) is 23.4 Å². The van der Waals surface area contributed by atoms with Crippen LogP contribution < -0.4 is 15.4 Å². The summed E-state index contributed by atoms with van der Waals surface area (Å²) < 4.78 is 50.6. The summed E-state index contributed by atoms with van der Waals surface area (Å²) in [5.41, 5.74) is 6.20. The van der Waals surface area contributed by atoms with E-state index in [9.17, 15) is 13.6 Å². The molecule has 0 saturated heterocycles. The molecular weight excluding hydrogens is 483 g/mol. The molecular formula is C27H30F3N5O2. The van der Waals surface area contributed by atoms with Crippen molar-refractivity contribution in [1.82, 2.24) is 14.9 Å². The van der Waals surface area contributed by atoms with Crippen molar-refractivity contribution in [2.75, 3.05) is 18.5 Å². The molecule has 1 aliphatic heterocycles. The number of hydrogen-bond acceptors (Lipinski definition) is 5. The number of benzene rings is 2. The van der Waals surface area contributed by atoms with Gasteiger partial charge in [0.25, 0.3) is 0 Å². The number of urea groups is 1. The fourth-order valence-corrected chi connectivity index (χ4v) is 4.33. The van der Waals surface area contributed by atoms with Crippen LogP contribution in [0.15, 0.2) is 36.5 Å². The lowest BCUT2D eigenvalue weighted by molar-refractivity contribution is 0.0967. The number of hydrogen-bond donors (Lipinski definition) is 1. The first kappa shape index (κ1) is 26.2. The average Bonchev–Trinajstić information content (AvgIpc) is 2.81. The number of carbonyl (C=O) groups is 1. The van der Waals surface area contributed by atoms with Crippen LogP contribution in [-0.2, 0) is 13.0 Å². The molecule has 2 N–H and O–H groups in total. The fourth-order valence-electron chi connectivity index (χ4n) is 4.33. The van der Waals surface area contributed by atoms with Gasteiger partial charge >= 0.3 is 6.03 Å². The fraction of sp³-hybridized carbons (Fsp3) is 0.370. The molecule has 4 rings (SSSR count). The molecule has 1 aliphatic rings. The van der Waals surface area contributed by atoms with Crippen LogP contribution in [0.3, 0.4) is 0 Å². The van der Waals surface area contributed by atoms with E-state index in [1.54, 1.807) is 18.2 Å². The van der Waals surface area contributed by atoms with Crippen LogP contribution in [0, 0.1) is 17.5 Å². The second-order valence-electron chi connectivity index (χ2n) is 10.2. The molecule has 0 saturated carbocycles. The first-order chi connectivity index (χ1) is 17.3. The summed E-state index contributed by atoms with van der Waals surface area (Å²) in [5.74, 6) is -1.45. The Morgan fingerprint density at radius 1 is 1.16 bits per heavy atom. The normalized spacial score (nSPS) is 14.4. The molecule has 0 spiro atoms. The molecule has 7 nitrogen and oxygen atoms in total. The van der Waals surface area contributed by atoms with Gasteiger partial charge in [0.2, 0.25) is 0 Å². The Bertz CT molecular complexity index is 1350. The van der Waals surface area contributed by atoms with Crippen LogP contribution in [0.4, 0.5) is 23.7 Å². The van der Waals surface area contributed by atoms with Crippen LogP contribution >= 0.6 is 0 Å². The van der Waals surface area contributed by atoms with Crippen molar-refractivity contribution in [2.24, 2.45) is 5.73 Å². The molecule has 0 radical (unpaired) electrons. The Morgan fingerprint density at radius 3 is 2.54 bits per heavy atom. The SMILES string of the molecule is CC(C)N1CC(C)(C)Oc2c(F)cc(-c3nc(Cc4ccc(CN(C)C(N)=O)c(F)c4)ncc3F)cc21. The molecule has 1 aromatic heterocycles. The number of nitrogens with zero attached hydrogens (tertiary/aromatic N) is 4. The Labute approximate surface area is 214 Å². The van der Waals surface area contributed by atoms with E-state index in [-0.39, 0.29) is 41.8 Å². The monoisotopic (exact) mass is 513 g/mol.